The van der Waals surface area contributed by atoms with Crippen LogP contribution in [-0.4, -0.2) is 36.3 Å². The molecule has 4 nitrogen and oxygen atoms in total. The number of ether oxygens (including phenoxy) is 2. The summed E-state index contributed by atoms with van der Waals surface area (Å²) in [5.74, 6) is 1.76. The molecule has 0 aromatic heterocycles. The molecule has 0 aromatic rings. The molecule has 0 radical (unpaired) electrons. The van der Waals surface area contributed by atoms with Crippen molar-refractivity contribution in [2.24, 2.45) is 5.92 Å². The Morgan fingerprint density at radius 1 is 1.32 bits per heavy atom. The highest BCUT2D eigenvalue weighted by Crippen LogP contribution is 2.23. The lowest BCUT2D eigenvalue weighted by atomic mass is 9.94. The molecular formula is C18H29NO3. The maximum atomic E-state index is 12.0. The van der Waals surface area contributed by atoms with Gasteiger partial charge in [0.25, 0.3) is 0 Å². The molecule has 0 atom stereocenters. The maximum absolute atomic E-state index is 12.0. The molecule has 0 bridgehead atoms. The Kier molecular flexibility index (Phi) is 5.92. The molecule has 1 saturated heterocycles. The fraction of sp³-hybridized carbons (Fsp3) is 0.722. The van der Waals surface area contributed by atoms with Gasteiger partial charge in [-0.3, -0.25) is 0 Å². The first-order valence-corrected chi connectivity index (χ1v) is 8.40. The fourth-order valence-electron chi connectivity index (χ4n) is 2.79. The molecule has 0 unspecified atom stereocenters. The zero-order chi connectivity index (χ0) is 16.0. The molecule has 1 aliphatic heterocycles. The fourth-order valence-corrected chi connectivity index (χ4v) is 2.79. The monoisotopic (exact) mass is 307 g/mol. The molecule has 1 aliphatic carbocycles. The van der Waals surface area contributed by atoms with Gasteiger partial charge in [0.15, 0.2) is 0 Å². The summed E-state index contributed by atoms with van der Waals surface area (Å²) in [6, 6.07) is 0. The minimum Gasteiger partial charge on any atom is -0.498 e. The van der Waals surface area contributed by atoms with Crippen molar-refractivity contribution in [3.05, 3.63) is 24.0 Å². The van der Waals surface area contributed by atoms with Crippen molar-refractivity contribution in [3.8, 4) is 0 Å². The standard InChI is InChI=1S/C18H29NO3/c1-18(2,3)22-17(20)19-12-9-15(10-13-19)11-14-21-16-7-5-4-6-8-16/h4-5,7,15H,6,8-14H2,1-3H3. The second-order valence-electron chi connectivity index (χ2n) is 7.15. The van der Waals surface area contributed by atoms with Gasteiger partial charge in [0, 0.05) is 19.5 Å². The first-order valence-electron chi connectivity index (χ1n) is 8.40. The molecule has 0 saturated carbocycles. The first kappa shape index (κ1) is 16.9. The van der Waals surface area contributed by atoms with E-state index in [4.69, 9.17) is 9.47 Å². The molecule has 1 heterocycles. The molecule has 2 rings (SSSR count). The van der Waals surface area contributed by atoms with Crippen LogP contribution < -0.4 is 0 Å². The van der Waals surface area contributed by atoms with Crippen LogP contribution in [0.5, 0.6) is 0 Å². The molecule has 124 valence electrons. The number of carbonyl (C=O) groups excluding carboxylic acids is 1. The van der Waals surface area contributed by atoms with E-state index in [2.05, 4.69) is 18.2 Å². The quantitative estimate of drug-likeness (QED) is 0.778. The molecule has 0 aromatic carbocycles. The van der Waals surface area contributed by atoms with E-state index in [1.807, 2.05) is 25.7 Å². The van der Waals surface area contributed by atoms with E-state index in [0.29, 0.717) is 5.92 Å². The molecule has 22 heavy (non-hydrogen) atoms. The van der Waals surface area contributed by atoms with Gasteiger partial charge < -0.3 is 14.4 Å². The zero-order valence-corrected chi connectivity index (χ0v) is 14.1. The average molecular weight is 307 g/mol. The van der Waals surface area contributed by atoms with Crippen molar-refractivity contribution < 1.29 is 14.3 Å². The average Bonchev–Trinajstić information content (AvgIpc) is 2.47. The van der Waals surface area contributed by atoms with Crippen LogP contribution >= 0.6 is 0 Å². The minimum absolute atomic E-state index is 0.179. The van der Waals surface area contributed by atoms with Gasteiger partial charge in [-0.25, -0.2) is 4.79 Å². The van der Waals surface area contributed by atoms with Gasteiger partial charge in [0.1, 0.15) is 5.60 Å². The lowest BCUT2D eigenvalue weighted by Gasteiger charge is -2.33. The number of nitrogens with zero attached hydrogens (tertiary/aromatic N) is 1. The van der Waals surface area contributed by atoms with Crippen molar-refractivity contribution >= 4 is 6.09 Å². The number of amides is 1. The SMILES string of the molecule is CC(C)(C)OC(=O)N1CCC(CCOC2=CC=CCC2)CC1. The summed E-state index contributed by atoms with van der Waals surface area (Å²) in [6.07, 6.45) is 11.4. The number of likely N-dealkylation sites (tertiary alicyclic amines) is 1. The van der Waals surface area contributed by atoms with Gasteiger partial charge in [0.05, 0.1) is 12.4 Å². The van der Waals surface area contributed by atoms with Crippen LogP contribution in [0.1, 0.15) is 52.9 Å². The highest BCUT2D eigenvalue weighted by Gasteiger charge is 2.26. The summed E-state index contributed by atoms with van der Waals surface area (Å²) in [7, 11) is 0. The number of hydrogen-bond acceptors (Lipinski definition) is 3. The smallest absolute Gasteiger partial charge is 0.410 e. The lowest BCUT2D eigenvalue weighted by molar-refractivity contribution is 0.0173. The van der Waals surface area contributed by atoms with Crippen molar-refractivity contribution in [2.75, 3.05) is 19.7 Å². The van der Waals surface area contributed by atoms with Crippen LogP contribution in [-0.2, 0) is 9.47 Å². The summed E-state index contributed by atoms with van der Waals surface area (Å²) in [6.45, 7) is 8.10. The predicted octanol–water partition coefficient (Wildman–Crippen LogP) is 4.27. The van der Waals surface area contributed by atoms with E-state index in [-0.39, 0.29) is 6.09 Å². The largest absolute Gasteiger partial charge is 0.498 e. The number of allylic oxidation sites excluding steroid dienone is 4. The van der Waals surface area contributed by atoms with Crippen LogP contribution in [0.15, 0.2) is 24.0 Å². The summed E-state index contributed by atoms with van der Waals surface area (Å²) < 4.78 is 11.3. The zero-order valence-electron chi connectivity index (χ0n) is 14.1. The summed E-state index contributed by atoms with van der Waals surface area (Å²) in [5.41, 5.74) is -0.413. The third kappa shape index (κ3) is 5.74. The summed E-state index contributed by atoms with van der Waals surface area (Å²) in [4.78, 5) is 13.8. The molecule has 1 amide bonds. The Morgan fingerprint density at radius 2 is 2.05 bits per heavy atom. The van der Waals surface area contributed by atoms with E-state index in [1.54, 1.807) is 0 Å². The van der Waals surface area contributed by atoms with E-state index in [0.717, 1.165) is 57.6 Å². The van der Waals surface area contributed by atoms with Gasteiger partial charge in [-0.05, 0) is 58.4 Å². The molecule has 2 aliphatic rings. The highest BCUT2D eigenvalue weighted by molar-refractivity contribution is 5.68. The van der Waals surface area contributed by atoms with Gasteiger partial charge in [-0.2, -0.15) is 0 Å². The van der Waals surface area contributed by atoms with E-state index in [1.165, 1.54) is 0 Å². The second kappa shape index (κ2) is 7.70. The summed E-state index contributed by atoms with van der Waals surface area (Å²) in [5, 5.41) is 0. The number of hydrogen-bond donors (Lipinski definition) is 0. The van der Waals surface area contributed by atoms with Crippen molar-refractivity contribution in [1.29, 1.82) is 0 Å². The molecular weight excluding hydrogens is 278 g/mol. The minimum atomic E-state index is -0.413. The Bertz CT molecular complexity index is 426. The number of rotatable bonds is 4. The van der Waals surface area contributed by atoms with Gasteiger partial charge in [0.2, 0.25) is 0 Å². The van der Waals surface area contributed by atoms with Gasteiger partial charge >= 0.3 is 6.09 Å². The Balaban J connectivity index is 1.63. The Hall–Kier alpha value is -1.45. The topological polar surface area (TPSA) is 38.8 Å². The first-order chi connectivity index (χ1) is 10.4. The Labute approximate surface area is 134 Å². The van der Waals surface area contributed by atoms with E-state index < -0.39 is 5.60 Å². The molecule has 4 heteroatoms. The molecule has 0 spiro atoms. The van der Waals surface area contributed by atoms with Crippen molar-refractivity contribution in [3.63, 3.8) is 0 Å². The van der Waals surface area contributed by atoms with Gasteiger partial charge in [-0.15, -0.1) is 0 Å². The van der Waals surface area contributed by atoms with Crippen molar-refractivity contribution in [1.82, 2.24) is 4.90 Å². The van der Waals surface area contributed by atoms with Gasteiger partial charge in [-0.1, -0.05) is 12.2 Å². The second-order valence-corrected chi connectivity index (χ2v) is 7.15. The van der Waals surface area contributed by atoms with Crippen molar-refractivity contribution in [2.45, 2.75) is 58.5 Å². The van der Waals surface area contributed by atoms with Crippen LogP contribution in [0.3, 0.4) is 0 Å². The van der Waals surface area contributed by atoms with Crippen LogP contribution in [0, 0.1) is 5.92 Å². The highest BCUT2D eigenvalue weighted by atomic mass is 16.6. The normalized spacial score (nSPS) is 19.8. The Morgan fingerprint density at radius 3 is 2.64 bits per heavy atom. The third-order valence-electron chi connectivity index (χ3n) is 4.06. The number of carbonyl (C=O) groups is 1. The van der Waals surface area contributed by atoms with E-state index >= 15 is 0 Å². The number of piperidine rings is 1. The third-order valence-corrected chi connectivity index (χ3v) is 4.06. The van der Waals surface area contributed by atoms with E-state index in [9.17, 15) is 4.79 Å². The molecule has 0 N–H and O–H groups in total. The van der Waals surface area contributed by atoms with Crippen LogP contribution in [0.4, 0.5) is 4.79 Å². The lowest BCUT2D eigenvalue weighted by Crippen LogP contribution is -2.41. The molecule has 1 fully saturated rings. The maximum Gasteiger partial charge on any atom is 0.410 e. The summed E-state index contributed by atoms with van der Waals surface area (Å²) >= 11 is 0. The van der Waals surface area contributed by atoms with Crippen LogP contribution in [0.2, 0.25) is 0 Å². The van der Waals surface area contributed by atoms with Crippen LogP contribution in [0.25, 0.3) is 0 Å². The predicted molar refractivity (Wildman–Crippen MR) is 87.6 cm³/mol.